The van der Waals surface area contributed by atoms with Crippen molar-refractivity contribution >= 4 is 0 Å². The highest BCUT2D eigenvalue weighted by Gasteiger charge is 2.97. The number of rotatable bonds is 1. The molecule has 0 bridgehead atoms. The van der Waals surface area contributed by atoms with Crippen LogP contribution in [0.25, 0.3) is 0 Å². The van der Waals surface area contributed by atoms with Crippen molar-refractivity contribution in [2.24, 2.45) is 106 Å². The number of hydrogen-bond acceptors (Lipinski definition) is 2. The predicted octanol–water partition coefficient (Wildman–Crippen LogP) is 2.74. The number of fused-ring (bicyclic) bond motifs is 4. The molecule has 2 heteroatoms. The molecule has 11 aliphatic rings. The summed E-state index contributed by atoms with van der Waals surface area (Å²) in [6.07, 6.45) is 3.54. The first-order chi connectivity index (χ1) is 12.4. The molecule has 0 spiro atoms. The summed E-state index contributed by atoms with van der Waals surface area (Å²) in [5, 5.41) is 0. The molecule has 0 N–H and O–H groups in total. The van der Waals surface area contributed by atoms with Gasteiger partial charge in [-0.15, -0.1) is 0 Å². The van der Waals surface area contributed by atoms with Gasteiger partial charge < -0.3 is 9.47 Å². The summed E-state index contributed by atoms with van der Waals surface area (Å²) in [6, 6.07) is 0. The molecule has 1 aliphatic heterocycles. The Balaban J connectivity index is 1.34. The molecular formula is C23H26O2. The molecule has 18 atom stereocenters. The smallest absolute Gasteiger partial charge is 0.164 e. The fourth-order valence-corrected chi connectivity index (χ4v) is 15.5. The van der Waals surface area contributed by atoms with E-state index in [0.717, 1.165) is 66.5 Å². The van der Waals surface area contributed by atoms with E-state index < -0.39 is 0 Å². The van der Waals surface area contributed by atoms with Crippen LogP contribution in [-0.2, 0) is 9.47 Å². The quantitative estimate of drug-likeness (QED) is 0.734. The van der Waals surface area contributed by atoms with Gasteiger partial charge in [-0.25, -0.2) is 0 Å². The van der Waals surface area contributed by atoms with Crippen LogP contribution in [0, 0.1) is 106 Å². The highest BCUT2D eigenvalue weighted by atomic mass is 16.7. The molecule has 25 heavy (non-hydrogen) atoms. The van der Waals surface area contributed by atoms with Crippen molar-refractivity contribution in [3.05, 3.63) is 0 Å². The van der Waals surface area contributed by atoms with Crippen molar-refractivity contribution in [1.82, 2.24) is 0 Å². The molecule has 0 aromatic heterocycles. The molecule has 10 saturated carbocycles. The molecule has 0 radical (unpaired) electrons. The van der Waals surface area contributed by atoms with Gasteiger partial charge in [-0.2, -0.15) is 0 Å². The van der Waals surface area contributed by atoms with Crippen LogP contribution in [0.1, 0.15) is 12.8 Å². The molecule has 4 unspecified atom stereocenters. The Morgan fingerprint density at radius 1 is 0.480 bits per heavy atom. The minimum atomic E-state index is 0.220. The maximum Gasteiger partial charge on any atom is 0.164 e. The van der Waals surface area contributed by atoms with Crippen molar-refractivity contribution in [3.63, 3.8) is 0 Å². The minimum Gasteiger partial charge on any atom is -0.350 e. The van der Waals surface area contributed by atoms with Crippen molar-refractivity contribution in [2.75, 3.05) is 13.2 Å². The third kappa shape index (κ3) is 0.713. The first-order valence-electron chi connectivity index (χ1n) is 11.7. The third-order valence-corrected chi connectivity index (χ3v) is 13.8. The van der Waals surface area contributed by atoms with Gasteiger partial charge in [0.15, 0.2) is 6.29 Å². The molecule has 1 saturated heterocycles. The molecule has 2 nitrogen and oxygen atoms in total. The highest BCUT2D eigenvalue weighted by Crippen LogP contribution is 2.99. The second-order valence-corrected chi connectivity index (χ2v) is 12.6. The topological polar surface area (TPSA) is 18.5 Å². The molecule has 0 amide bonds. The summed E-state index contributed by atoms with van der Waals surface area (Å²) in [6.45, 7) is 1.77. The van der Waals surface area contributed by atoms with Gasteiger partial charge in [0.05, 0.1) is 13.2 Å². The SMILES string of the molecule is C1COC(C23C4[C@@H]5C[C@H]6C7C8[C@@H]9[C@@H]%10[C@H]([C@@H]2[C@@H]9[C@H]2[C@@H]8[C@H]6[C@@H]5[C@@H]23)[C@H]4C[C@H]7%10)O1. The van der Waals surface area contributed by atoms with Crippen LogP contribution in [0.5, 0.6) is 0 Å². The summed E-state index contributed by atoms with van der Waals surface area (Å²) in [4.78, 5) is 0. The van der Waals surface area contributed by atoms with Crippen LogP contribution in [-0.4, -0.2) is 19.5 Å². The average molecular weight is 334 g/mol. The predicted molar refractivity (Wildman–Crippen MR) is 86.7 cm³/mol. The van der Waals surface area contributed by atoms with E-state index >= 15 is 0 Å². The molecule has 0 aromatic rings. The first-order valence-corrected chi connectivity index (χ1v) is 11.7. The van der Waals surface area contributed by atoms with Crippen LogP contribution in [0.3, 0.4) is 0 Å². The molecule has 10 aliphatic carbocycles. The lowest BCUT2D eigenvalue weighted by Gasteiger charge is -2.45. The molecule has 1 heterocycles. The summed E-state index contributed by atoms with van der Waals surface area (Å²) < 4.78 is 12.9. The van der Waals surface area contributed by atoms with Crippen molar-refractivity contribution < 1.29 is 9.47 Å². The average Bonchev–Trinajstić information content (AvgIpc) is 3.32. The number of hydrogen-bond donors (Lipinski definition) is 0. The van der Waals surface area contributed by atoms with Crippen LogP contribution in [0.2, 0.25) is 0 Å². The second kappa shape index (κ2) is 2.89. The molecule has 11 fully saturated rings. The summed E-state index contributed by atoms with van der Waals surface area (Å²) in [5.41, 5.74) is 0.515. The zero-order valence-corrected chi connectivity index (χ0v) is 14.5. The standard InChI is InChI=1S/C23H26O2/c1-2-25-22(24-1)23-19-7-3-5-9-6-4-8(19)13-11(6)16-14(9)15-10(5)12(7)20(23)17(15)18(16)21(13)23/h5-22H,1-4H2/t5-,6+,7-,8-,9?,10+,11-,12-,13-,14?,15+,16-,17+,18-,19?,20-,21+,23?/m1/s1. The molecular weight excluding hydrogens is 308 g/mol. The Kier molecular flexibility index (Phi) is 1.35. The van der Waals surface area contributed by atoms with E-state index in [4.69, 9.17) is 9.47 Å². The Morgan fingerprint density at radius 2 is 1.04 bits per heavy atom. The summed E-state index contributed by atoms with van der Waals surface area (Å²) in [7, 11) is 0. The van der Waals surface area contributed by atoms with Crippen LogP contribution >= 0.6 is 0 Å². The maximum atomic E-state index is 6.46. The monoisotopic (exact) mass is 334 g/mol. The van der Waals surface area contributed by atoms with Crippen molar-refractivity contribution in [1.29, 1.82) is 0 Å². The van der Waals surface area contributed by atoms with E-state index in [1.807, 2.05) is 0 Å². The maximum absolute atomic E-state index is 6.46. The highest BCUT2D eigenvalue weighted by molar-refractivity contribution is 5.43. The fourth-order valence-electron chi connectivity index (χ4n) is 15.5. The lowest BCUT2D eigenvalue weighted by atomic mass is 9.63. The largest absolute Gasteiger partial charge is 0.350 e. The minimum absolute atomic E-state index is 0.220. The van der Waals surface area contributed by atoms with E-state index in [2.05, 4.69) is 0 Å². The van der Waals surface area contributed by atoms with E-state index in [0.29, 0.717) is 5.41 Å². The van der Waals surface area contributed by atoms with Crippen molar-refractivity contribution in [2.45, 2.75) is 19.1 Å². The van der Waals surface area contributed by atoms with E-state index in [-0.39, 0.29) is 6.29 Å². The van der Waals surface area contributed by atoms with Crippen LogP contribution < -0.4 is 0 Å². The zero-order chi connectivity index (χ0) is 15.1. The lowest BCUT2D eigenvalue weighted by molar-refractivity contribution is -0.177. The van der Waals surface area contributed by atoms with Gasteiger partial charge in [0.25, 0.3) is 0 Å². The Hall–Kier alpha value is -0.0800. The third-order valence-electron chi connectivity index (χ3n) is 13.8. The summed E-state index contributed by atoms with van der Waals surface area (Å²) >= 11 is 0. The zero-order valence-electron chi connectivity index (χ0n) is 14.5. The summed E-state index contributed by atoms with van der Waals surface area (Å²) in [5.74, 6) is 19.5. The van der Waals surface area contributed by atoms with Crippen molar-refractivity contribution in [3.8, 4) is 0 Å². The molecule has 130 valence electrons. The molecule has 11 rings (SSSR count). The normalized spacial score (nSPS) is 89.0. The van der Waals surface area contributed by atoms with Gasteiger partial charge in [0.2, 0.25) is 0 Å². The lowest BCUT2D eigenvalue weighted by Crippen LogP contribution is -2.47. The van der Waals surface area contributed by atoms with E-state index in [1.54, 1.807) is 12.8 Å². The van der Waals surface area contributed by atoms with Gasteiger partial charge in [0.1, 0.15) is 0 Å². The van der Waals surface area contributed by atoms with Gasteiger partial charge in [-0.1, -0.05) is 0 Å². The fraction of sp³-hybridized carbons (Fsp3) is 1.00. The Bertz CT molecular complexity index is 742. The van der Waals surface area contributed by atoms with Gasteiger partial charge in [0, 0.05) is 5.41 Å². The van der Waals surface area contributed by atoms with Gasteiger partial charge in [-0.3, -0.25) is 0 Å². The first kappa shape index (κ1) is 11.7. The second-order valence-electron chi connectivity index (χ2n) is 12.6. The Morgan fingerprint density at radius 3 is 1.64 bits per heavy atom. The van der Waals surface area contributed by atoms with Crippen LogP contribution in [0.4, 0.5) is 0 Å². The number of ether oxygens (including phenoxy) is 2. The Labute approximate surface area is 148 Å². The van der Waals surface area contributed by atoms with Gasteiger partial charge >= 0.3 is 0 Å². The van der Waals surface area contributed by atoms with E-state index in [1.165, 1.54) is 47.3 Å². The molecule has 0 aromatic carbocycles. The van der Waals surface area contributed by atoms with E-state index in [9.17, 15) is 0 Å². The van der Waals surface area contributed by atoms with Gasteiger partial charge in [-0.05, 0) is 113 Å². The van der Waals surface area contributed by atoms with Crippen LogP contribution in [0.15, 0.2) is 0 Å².